The zero-order chi connectivity index (χ0) is 16.4. The molecule has 1 amide bonds. The van der Waals surface area contributed by atoms with Gasteiger partial charge in [-0.1, -0.05) is 11.6 Å². The number of aryl methyl sites for hydroxylation is 2. The topological polar surface area (TPSA) is 68.0 Å². The molecule has 0 aliphatic rings. The van der Waals surface area contributed by atoms with Crippen LogP contribution in [0.2, 0.25) is 5.02 Å². The quantitative estimate of drug-likeness (QED) is 0.766. The molecule has 0 aliphatic carbocycles. The fourth-order valence-corrected chi connectivity index (χ4v) is 3.18. The lowest BCUT2D eigenvalue weighted by atomic mass is 10.2. The third kappa shape index (κ3) is 3.60. The number of nitrogens with zero attached hydrogens (tertiary/aromatic N) is 2. The van der Waals surface area contributed by atoms with Crippen LogP contribution in [-0.2, 0) is 11.2 Å². The van der Waals surface area contributed by atoms with Gasteiger partial charge in [0.2, 0.25) is 11.8 Å². The van der Waals surface area contributed by atoms with Crippen LogP contribution in [0.1, 0.15) is 17.0 Å². The summed E-state index contributed by atoms with van der Waals surface area (Å²) in [6.45, 7) is 3.86. The van der Waals surface area contributed by atoms with Crippen LogP contribution >= 0.6 is 22.9 Å². The Morgan fingerprint density at radius 2 is 2.09 bits per heavy atom. The SMILES string of the molecule is Cc1cc(Cl)ccc1NC(=O)Cc1nnc(-c2sccc2C)o1. The van der Waals surface area contributed by atoms with Gasteiger partial charge < -0.3 is 9.73 Å². The van der Waals surface area contributed by atoms with E-state index in [2.05, 4.69) is 15.5 Å². The lowest BCUT2D eigenvalue weighted by Gasteiger charge is -2.07. The molecule has 0 saturated carbocycles. The number of benzene rings is 1. The first-order chi connectivity index (χ1) is 11.0. The van der Waals surface area contributed by atoms with Gasteiger partial charge in [0.05, 0.1) is 4.88 Å². The highest BCUT2D eigenvalue weighted by atomic mass is 35.5. The van der Waals surface area contributed by atoms with Crippen molar-refractivity contribution in [2.75, 3.05) is 5.32 Å². The summed E-state index contributed by atoms with van der Waals surface area (Å²) < 4.78 is 5.57. The summed E-state index contributed by atoms with van der Waals surface area (Å²) in [7, 11) is 0. The number of anilines is 1. The molecule has 5 nitrogen and oxygen atoms in total. The molecule has 0 bridgehead atoms. The molecule has 3 rings (SSSR count). The van der Waals surface area contributed by atoms with Gasteiger partial charge in [0.1, 0.15) is 6.42 Å². The van der Waals surface area contributed by atoms with Crippen LogP contribution in [0.25, 0.3) is 10.8 Å². The molecule has 0 unspecified atom stereocenters. The standard InChI is InChI=1S/C16H14ClN3O2S/c1-9-5-6-23-15(9)16-20-19-14(22-16)8-13(21)18-12-4-3-11(17)7-10(12)2/h3-7H,8H2,1-2H3,(H,18,21). The van der Waals surface area contributed by atoms with E-state index in [0.29, 0.717) is 16.6 Å². The Bertz CT molecular complexity index is 857. The van der Waals surface area contributed by atoms with Crippen molar-refractivity contribution in [2.24, 2.45) is 0 Å². The van der Waals surface area contributed by atoms with Gasteiger partial charge in [-0.15, -0.1) is 21.5 Å². The molecule has 1 N–H and O–H groups in total. The minimum absolute atomic E-state index is 0.0273. The molecule has 0 saturated heterocycles. The van der Waals surface area contributed by atoms with Crippen LogP contribution in [0, 0.1) is 13.8 Å². The van der Waals surface area contributed by atoms with E-state index in [9.17, 15) is 4.79 Å². The Morgan fingerprint density at radius 1 is 1.26 bits per heavy atom. The molecule has 23 heavy (non-hydrogen) atoms. The molecule has 3 aromatic rings. The fraction of sp³-hybridized carbons (Fsp3) is 0.188. The molecule has 0 atom stereocenters. The van der Waals surface area contributed by atoms with Crippen molar-refractivity contribution in [2.45, 2.75) is 20.3 Å². The molecule has 2 heterocycles. The average molecular weight is 348 g/mol. The maximum Gasteiger partial charge on any atom is 0.258 e. The summed E-state index contributed by atoms with van der Waals surface area (Å²) in [5.74, 6) is 0.522. The Kier molecular flexibility index (Phi) is 4.45. The summed E-state index contributed by atoms with van der Waals surface area (Å²) in [5, 5.41) is 13.4. The number of carbonyl (C=O) groups excluding carboxylic acids is 1. The monoisotopic (exact) mass is 347 g/mol. The molecule has 0 spiro atoms. The fourth-order valence-electron chi connectivity index (χ4n) is 2.11. The summed E-state index contributed by atoms with van der Waals surface area (Å²) >= 11 is 7.43. The van der Waals surface area contributed by atoms with E-state index in [-0.39, 0.29) is 18.2 Å². The first-order valence-electron chi connectivity index (χ1n) is 6.96. The first-order valence-corrected chi connectivity index (χ1v) is 8.21. The van der Waals surface area contributed by atoms with E-state index in [1.54, 1.807) is 18.2 Å². The van der Waals surface area contributed by atoms with E-state index >= 15 is 0 Å². The van der Waals surface area contributed by atoms with Crippen molar-refractivity contribution in [1.82, 2.24) is 10.2 Å². The van der Waals surface area contributed by atoms with Crippen LogP contribution in [0.3, 0.4) is 0 Å². The van der Waals surface area contributed by atoms with Crippen molar-refractivity contribution < 1.29 is 9.21 Å². The number of amides is 1. The Balaban J connectivity index is 1.69. The molecule has 1 aromatic carbocycles. The molecular weight excluding hydrogens is 334 g/mol. The minimum atomic E-state index is -0.214. The predicted molar refractivity (Wildman–Crippen MR) is 90.9 cm³/mol. The zero-order valence-electron chi connectivity index (χ0n) is 12.6. The van der Waals surface area contributed by atoms with Gasteiger partial charge in [0.25, 0.3) is 5.89 Å². The van der Waals surface area contributed by atoms with E-state index < -0.39 is 0 Å². The second kappa shape index (κ2) is 6.52. The third-order valence-electron chi connectivity index (χ3n) is 3.30. The largest absolute Gasteiger partial charge is 0.419 e. The number of nitrogens with one attached hydrogen (secondary N) is 1. The van der Waals surface area contributed by atoms with Gasteiger partial charge in [-0.3, -0.25) is 4.79 Å². The van der Waals surface area contributed by atoms with E-state index in [0.717, 1.165) is 16.0 Å². The van der Waals surface area contributed by atoms with Crippen LogP contribution in [0.4, 0.5) is 5.69 Å². The first kappa shape index (κ1) is 15.7. The van der Waals surface area contributed by atoms with Crippen molar-refractivity contribution in [3.05, 3.63) is 51.7 Å². The summed E-state index contributed by atoms with van der Waals surface area (Å²) in [5.41, 5.74) is 2.69. The average Bonchev–Trinajstić information content (AvgIpc) is 3.10. The smallest absolute Gasteiger partial charge is 0.258 e. The van der Waals surface area contributed by atoms with Crippen LogP contribution in [-0.4, -0.2) is 16.1 Å². The van der Waals surface area contributed by atoms with Gasteiger partial charge in [-0.05, 0) is 54.6 Å². The number of hydrogen-bond donors (Lipinski definition) is 1. The minimum Gasteiger partial charge on any atom is -0.419 e. The number of carbonyl (C=O) groups is 1. The predicted octanol–water partition coefficient (Wildman–Crippen LogP) is 4.25. The van der Waals surface area contributed by atoms with Crippen molar-refractivity contribution in [3.8, 4) is 10.8 Å². The summed E-state index contributed by atoms with van der Waals surface area (Å²) in [6, 6.07) is 7.28. The lowest BCUT2D eigenvalue weighted by molar-refractivity contribution is -0.115. The van der Waals surface area contributed by atoms with E-state index in [1.165, 1.54) is 11.3 Å². The van der Waals surface area contributed by atoms with Crippen molar-refractivity contribution >= 4 is 34.5 Å². The molecule has 7 heteroatoms. The van der Waals surface area contributed by atoms with Crippen LogP contribution in [0.15, 0.2) is 34.1 Å². The normalized spacial score (nSPS) is 10.7. The maximum absolute atomic E-state index is 12.1. The Labute approximate surface area is 142 Å². The van der Waals surface area contributed by atoms with Crippen molar-refractivity contribution in [1.29, 1.82) is 0 Å². The lowest BCUT2D eigenvalue weighted by Crippen LogP contribution is -2.15. The number of halogens is 1. The molecule has 2 aromatic heterocycles. The zero-order valence-corrected chi connectivity index (χ0v) is 14.2. The second-order valence-corrected chi connectivity index (χ2v) is 6.47. The maximum atomic E-state index is 12.1. The van der Waals surface area contributed by atoms with Gasteiger partial charge in [0, 0.05) is 10.7 Å². The number of rotatable bonds is 4. The third-order valence-corrected chi connectivity index (χ3v) is 4.54. The van der Waals surface area contributed by atoms with Gasteiger partial charge in [-0.25, -0.2) is 0 Å². The number of hydrogen-bond acceptors (Lipinski definition) is 5. The second-order valence-electron chi connectivity index (χ2n) is 5.12. The summed E-state index contributed by atoms with van der Waals surface area (Å²) in [6.07, 6.45) is 0.0273. The van der Waals surface area contributed by atoms with Gasteiger partial charge in [0.15, 0.2) is 0 Å². The highest BCUT2D eigenvalue weighted by Crippen LogP contribution is 2.27. The molecule has 0 fully saturated rings. The highest BCUT2D eigenvalue weighted by Gasteiger charge is 2.15. The number of thiophene rings is 1. The summed E-state index contributed by atoms with van der Waals surface area (Å²) in [4.78, 5) is 13.0. The molecular formula is C16H14ClN3O2S. The Hall–Kier alpha value is -2.18. The highest BCUT2D eigenvalue weighted by molar-refractivity contribution is 7.13. The van der Waals surface area contributed by atoms with E-state index in [4.69, 9.17) is 16.0 Å². The van der Waals surface area contributed by atoms with Gasteiger partial charge in [-0.2, -0.15) is 0 Å². The van der Waals surface area contributed by atoms with Crippen LogP contribution < -0.4 is 5.32 Å². The molecule has 0 radical (unpaired) electrons. The molecule has 0 aliphatic heterocycles. The van der Waals surface area contributed by atoms with Crippen molar-refractivity contribution in [3.63, 3.8) is 0 Å². The Morgan fingerprint density at radius 3 is 2.78 bits per heavy atom. The molecule has 118 valence electrons. The van der Waals surface area contributed by atoms with E-state index in [1.807, 2.05) is 25.3 Å². The van der Waals surface area contributed by atoms with Crippen LogP contribution in [0.5, 0.6) is 0 Å². The number of aromatic nitrogens is 2. The van der Waals surface area contributed by atoms with Gasteiger partial charge >= 0.3 is 0 Å².